The van der Waals surface area contributed by atoms with Crippen molar-refractivity contribution in [3.8, 4) is 0 Å². The van der Waals surface area contributed by atoms with Crippen molar-refractivity contribution in [3.05, 3.63) is 94.0 Å². The first-order chi connectivity index (χ1) is 13.6. The molecule has 2 bridgehead atoms. The van der Waals surface area contributed by atoms with E-state index in [0.717, 1.165) is 5.69 Å². The summed E-state index contributed by atoms with van der Waals surface area (Å²) in [6, 6.07) is 23.8. The summed E-state index contributed by atoms with van der Waals surface area (Å²) in [5, 5.41) is 11.1. The number of benzene rings is 3. The molecule has 2 atom stereocenters. The summed E-state index contributed by atoms with van der Waals surface area (Å²) in [4.78, 5) is 17.7. The quantitative estimate of drug-likeness (QED) is 0.482. The van der Waals surface area contributed by atoms with E-state index in [2.05, 4.69) is 77.3 Å². The Balaban J connectivity index is 1.74. The molecule has 140 valence electrons. The average molecular weight is 372 g/mol. The van der Waals surface area contributed by atoms with Crippen LogP contribution in [-0.4, -0.2) is 19.0 Å². The van der Waals surface area contributed by atoms with Crippen molar-refractivity contribution >= 4 is 22.7 Å². The van der Waals surface area contributed by atoms with Crippen molar-refractivity contribution in [2.75, 3.05) is 28.8 Å². The highest BCUT2D eigenvalue weighted by molar-refractivity contribution is 5.75. The summed E-state index contributed by atoms with van der Waals surface area (Å²) < 4.78 is 0. The molecule has 2 aliphatic rings. The Morgan fingerprint density at radius 3 is 1.68 bits per heavy atom. The molecule has 3 aromatic rings. The molecule has 3 aromatic carbocycles. The SMILES string of the molecule is CN1c2ccccc2C2N(C)c3ccccc3C1N2c1ccc([N+](=O)[O-])cc1. The molecule has 0 saturated heterocycles. The number of hydrogen-bond acceptors (Lipinski definition) is 5. The van der Waals surface area contributed by atoms with E-state index in [1.54, 1.807) is 12.1 Å². The van der Waals surface area contributed by atoms with Gasteiger partial charge in [0.25, 0.3) is 5.69 Å². The van der Waals surface area contributed by atoms with E-state index in [4.69, 9.17) is 0 Å². The van der Waals surface area contributed by atoms with Crippen molar-refractivity contribution in [2.24, 2.45) is 0 Å². The standard InChI is InChI=1S/C22H20N4O2/c1-23-19-9-5-3-7-17(19)22-24(2)20-10-6-4-8-18(20)21(23)25(22)15-11-13-16(14-12-15)26(27)28/h3-14,21-22H,1-2H3. The molecule has 0 aromatic heterocycles. The molecule has 2 aliphatic heterocycles. The van der Waals surface area contributed by atoms with E-state index in [1.165, 1.54) is 22.5 Å². The lowest BCUT2D eigenvalue weighted by atomic mass is 9.92. The van der Waals surface area contributed by atoms with Crippen LogP contribution in [0.3, 0.4) is 0 Å². The van der Waals surface area contributed by atoms with Crippen LogP contribution in [0.2, 0.25) is 0 Å². The van der Waals surface area contributed by atoms with Crippen molar-refractivity contribution in [1.82, 2.24) is 0 Å². The molecule has 0 amide bonds. The minimum absolute atomic E-state index is 0.00811. The van der Waals surface area contributed by atoms with Crippen LogP contribution in [0.15, 0.2) is 72.8 Å². The first-order valence-electron chi connectivity index (χ1n) is 9.24. The van der Waals surface area contributed by atoms with Crippen LogP contribution in [0.1, 0.15) is 23.5 Å². The monoisotopic (exact) mass is 372 g/mol. The predicted octanol–water partition coefficient (Wildman–Crippen LogP) is 4.70. The molecule has 0 radical (unpaired) electrons. The van der Waals surface area contributed by atoms with E-state index < -0.39 is 0 Å². The van der Waals surface area contributed by atoms with Gasteiger partial charge in [0, 0.05) is 54.4 Å². The van der Waals surface area contributed by atoms with Crippen LogP contribution in [0.4, 0.5) is 22.7 Å². The highest BCUT2D eigenvalue weighted by Crippen LogP contribution is 2.53. The third-order valence-corrected chi connectivity index (χ3v) is 5.81. The number of nitro benzene ring substituents is 1. The van der Waals surface area contributed by atoms with Crippen molar-refractivity contribution in [2.45, 2.75) is 12.3 Å². The summed E-state index contributed by atoms with van der Waals surface area (Å²) in [6.07, 6.45) is 0.0162. The minimum Gasteiger partial charge on any atom is -0.350 e. The molecule has 6 heteroatoms. The van der Waals surface area contributed by atoms with Gasteiger partial charge in [0.2, 0.25) is 0 Å². The van der Waals surface area contributed by atoms with Gasteiger partial charge in [0.05, 0.1) is 4.92 Å². The van der Waals surface area contributed by atoms with Crippen molar-refractivity contribution in [3.63, 3.8) is 0 Å². The number of anilines is 3. The Kier molecular flexibility index (Phi) is 3.55. The Hall–Kier alpha value is -3.54. The molecule has 0 fully saturated rings. The molecule has 6 nitrogen and oxygen atoms in total. The van der Waals surface area contributed by atoms with Crippen molar-refractivity contribution < 1.29 is 4.92 Å². The fourth-order valence-electron chi connectivity index (χ4n) is 4.57. The highest BCUT2D eigenvalue weighted by atomic mass is 16.6. The average Bonchev–Trinajstić information content (AvgIpc) is 2.73. The molecule has 0 N–H and O–H groups in total. The third-order valence-electron chi connectivity index (χ3n) is 5.81. The summed E-state index contributed by atoms with van der Waals surface area (Å²) in [5.74, 6) is 0. The smallest absolute Gasteiger partial charge is 0.269 e. The molecular weight excluding hydrogens is 352 g/mol. The van der Waals surface area contributed by atoms with E-state index in [0.29, 0.717) is 0 Å². The van der Waals surface area contributed by atoms with Gasteiger partial charge in [0.1, 0.15) is 12.3 Å². The van der Waals surface area contributed by atoms with Crippen LogP contribution in [-0.2, 0) is 0 Å². The van der Waals surface area contributed by atoms with E-state index in [-0.39, 0.29) is 22.9 Å². The Bertz CT molecular complexity index is 1010. The van der Waals surface area contributed by atoms with Crippen LogP contribution in [0.5, 0.6) is 0 Å². The summed E-state index contributed by atoms with van der Waals surface area (Å²) in [7, 11) is 4.22. The maximum Gasteiger partial charge on any atom is 0.269 e. The van der Waals surface area contributed by atoms with Crippen LogP contribution in [0, 0.1) is 10.1 Å². The second-order valence-corrected chi connectivity index (χ2v) is 7.27. The number of para-hydroxylation sites is 2. The lowest BCUT2D eigenvalue weighted by Gasteiger charge is -2.56. The number of rotatable bonds is 2. The van der Waals surface area contributed by atoms with Gasteiger partial charge in [0.15, 0.2) is 0 Å². The van der Waals surface area contributed by atoms with Crippen LogP contribution < -0.4 is 14.7 Å². The molecule has 0 spiro atoms. The second-order valence-electron chi connectivity index (χ2n) is 7.27. The van der Waals surface area contributed by atoms with Gasteiger partial charge in [-0.05, 0) is 24.3 Å². The lowest BCUT2D eigenvalue weighted by Crippen LogP contribution is -2.55. The second kappa shape index (κ2) is 5.99. The number of non-ortho nitro benzene ring substituents is 1. The molecule has 0 saturated carbocycles. The maximum atomic E-state index is 11.1. The summed E-state index contributed by atoms with van der Waals surface area (Å²) in [5.41, 5.74) is 5.92. The van der Waals surface area contributed by atoms with Gasteiger partial charge in [-0.15, -0.1) is 0 Å². The normalized spacial score (nSPS) is 19.9. The van der Waals surface area contributed by atoms with Gasteiger partial charge in [-0.3, -0.25) is 10.1 Å². The molecule has 5 rings (SSSR count). The fraction of sp³-hybridized carbons (Fsp3) is 0.182. The van der Waals surface area contributed by atoms with Crippen LogP contribution >= 0.6 is 0 Å². The number of fused-ring (bicyclic) bond motifs is 6. The predicted molar refractivity (Wildman–Crippen MR) is 111 cm³/mol. The van der Waals surface area contributed by atoms with E-state index in [1.807, 2.05) is 12.1 Å². The molecular formula is C22H20N4O2. The summed E-state index contributed by atoms with van der Waals surface area (Å²) in [6.45, 7) is 0. The van der Waals surface area contributed by atoms with Gasteiger partial charge in [-0.1, -0.05) is 36.4 Å². The van der Waals surface area contributed by atoms with E-state index >= 15 is 0 Å². The number of hydrogen-bond donors (Lipinski definition) is 0. The largest absolute Gasteiger partial charge is 0.350 e. The zero-order chi connectivity index (χ0) is 19.4. The molecule has 2 unspecified atom stereocenters. The van der Waals surface area contributed by atoms with Crippen LogP contribution in [0.25, 0.3) is 0 Å². The van der Waals surface area contributed by atoms with Crippen molar-refractivity contribution in [1.29, 1.82) is 0 Å². The Morgan fingerprint density at radius 1 is 0.750 bits per heavy atom. The first-order valence-corrected chi connectivity index (χ1v) is 9.24. The number of nitrogens with zero attached hydrogens (tertiary/aromatic N) is 4. The number of nitro groups is 1. The van der Waals surface area contributed by atoms with Gasteiger partial charge < -0.3 is 14.7 Å². The van der Waals surface area contributed by atoms with E-state index in [9.17, 15) is 10.1 Å². The van der Waals surface area contributed by atoms with Gasteiger partial charge in [-0.25, -0.2) is 0 Å². The summed E-state index contributed by atoms with van der Waals surface area (Å²) >= 11 is 0. The lowest BCUT2D eigenvalue weighted by molar-refractivity contribution is -0.384. The third kappa shape index (κ3) is 2.21. The molecule has 2 heterocycles. The topological polar surface area (TPSA) is 52.9 Å². The minimum atomic E-state index is -0.357. The fourth-order valence-corrected chi connectivity index (χ4v) is 4.57. The maximum absolute atomic E-state index is 11.1. The highest BCUT2D eigenvalue weighted by Gasteiger charge is 2.45. The Morgan fingerprint density at radius 2 is 1.21 bits per heavy atom. The molecule has 0 aliphatic carbocycles. The zero-order valence-electron chi connectivity index (χ0n) is 15.7. The van der Waals surface area contributed by atoms with Gasteiger partial charge >= 0.3 is 0 Å². The molecule has 28 heavy (non-hydrogen) atoms. The first kappa shape index (κ1) is 16.6. The van der Waals surface area contributed by atoms with Gasteiger partial charge in [-0.2, -0.15) is 0 Å². The Labute approximate surface area is 163 Å². The zero-order valence-corrected chi connectivity index (χ0v) is 15.7.